The minimum absolute atomic E-state index is 0.0925. The highest BCUT2D eigenvalue weighted by molar-refractivity contribution is 4.56. The van der Waals surface area contributed by atoms with Gasteiger partial charge in [0.2, 0.25) is 0 Å². The topological polar surface area (TPSA) is 38.7 Å². The summed E-state index contributed by atoms with van der Waals surface area (Å²) in [7, 11) is 0. The first kappa shape index (κ1) is 18.9. The fraction of sp³-hybridized carbons (Fsp3) is 1.00. The van der Waals surface area contributed by atoms with Gasteiger partial charge >= 0.3 is 0 Å². The van der Waals surface area contributed by atoms with Crippen molar-refractivity contribution in [1.29, 1.82) is 0 Å². The fourth-order valence-electron chi connectivity index (χ4n) is 2.17. The molecular formula is C16H34O3. The second-order valence-corrected chi connectivity index (χ2v) is 5.15. The summed E-state index contributed by atoms with van der Waals surface area (Å²) < 4.78 is 11.0. The van der Waals surface area contributed by atoms with Gasteiger partial charge in [0.25, 0.3) is 0 Å². The average Bonchev–Trinajstić information content (AvgIpc) is 2.44. The highest BCUT2D eigenvalue weighted by Crippen LogP contribution is 2.12. The Bertz CT molecular complexity index is 162. The minimum atomic E-state index is 0.0925. The zero-order valence-electron chi connectivity index (χ0n) is 13.0. The van der Waals surface area contributed by atoms with E-state index < -0.39 is 0 Å². The summed E-state index contributed by atoms with van der Waals surface area (Å²) in [6, 6.07) is 0. The molecule has 0 saturated carbocycles. The molecule has 0 aliphatic rings. The summed E-state index contributed by atoms with van der Waals surface area (Å²) in [5, 5.41) is 8.58. The third-order valence-electron chi connectivity index (χ3n) is 3.40. The molecular weight excluding hydrogens is 240 g/mol. The molecule has 0 heterocycles. The molecule has 3 heteroatoms. The molecule has 0 saturated heterocycles. The molecule has 0 aliphatic heterocycles. The Hall–Kier alpha value is -0.120. The van der Waals surface area contributed by atoms with E-state index in [4.69, 9.17) is 14.6 Å². The van der Waals surface area contributed by atoms with Crippen LogP contribution in [-0.4, -0.2) is 37.6 Å². The maximum Gasteiger partial charge on any atom is 0.0704 e. The van der Waals surface area contributed by atoms with Crippen LogP contribution in [-0.2, 0) is 9.47 Å². The van der Waals surface area contributed by atoms with Crippen LogP contribution in [0.15, 0.2) is 0 Å². The van der Waals surface area contributed by atoms with E-state index in [0.717, 1.165) is 6.42 Å². The van der Waals surface area contributed by atoms with E-state index in [9.17, 15) is 0 Å². The van der Waals surface area contributed by atoms with Gasteiger partial charge in [0, 0.05) is 0 Å². The largest absolute Gasteiger partial charge is 0.394 e. The third kappa shape index (κ3) is 14.1. The van der Waals surface area contributed by atoms with Gasteiger partial charge in [-0.2, -0.15) is 0 Å². The first-order chi connectivity index (χ1) is 9.35. The van der Waals surface area contributed by atoms with E-state index in [2.05, 4.69) is 13.8 Å². The van der Waals surface area contributed by atoms with E-state index in [0.29, 0.717) is 25.9 Å². The van der Waals surface area contributed by atoms with Crippen LogP contribution in [0.1, 0.15) is 71.6 Å². The number of aliphatic hydroxyl groups is 1. The van der Waals surface area contributed by atoms with Crippen LogP contribution in [0.3, 0.4) is 0 Å². The van der Waals surface area contributed by atoms with E-state index in [1.807, 2.05) is 0 Å². The standard InChI is InChI=1S/C16H34O3/c1-3-5-6-7-8-9-10-11-16(4-2)19-15-14-18-13-12-17/h16-17H,3-15H2,1-2H3. The molecule has 0 aromatic heterocycles. The number of hydrogen-bond acceptors (Lipinski definition) is 3. The zero-order chi connectivity index (χ0) is 14.2. The van der Waals surface area contributed by atoms with Gasteiger partial charge in [0.05, 0.1) is 32.5 Å². The Kier molecular flexibility index (Phi) is 15.8. The van der Waals surface area contributed by atoms with E-state index in [1.54, 1.807) is 0 Å². The van der Waals surface area contributed by atoms with Crippen molar-refractivity contribution in [2.45, 2.75) is 77.7 Å². The van der Waals surface area contributed by atoms with Gasteiger partial charge in [-0.15, -0.1) is 0 Å². The van der Waals surface area contributed by atoms with Gasteiger partial charge in [-0.25, -0.2) is 0 Å². The molecule has 116 valence electrons. The summed E-state index contributed by atoms with van der Waals surface area (Å²) >= 11 is 0. The van der Waals surface area contributed by atoms with Crippen molar-refractivity contribution in [3.05, 3.63) is 0 Å². The molecule has 0 aliphatic carbocycles. The summed E-state index contributed by atoms with van der Waals surface area (Å²) in [5.41, 5.74) is 0. The Labute approximate surface area is 119 Å². The molecule has 0 rings (SSSR count). The van der Waals surface area contributed by atoms with Crippen molar-refractivity contribution in [2.75, 3.05) is 26.4 Å². The quantitative estimate of drug-likeness (QED) is 0.460. The number of ether oxygens (including phenoxy) is 2. The van der Waals surface area contributed by atoms with Crippen LogP contribution in [0.4, 0.5) is 0 Å². The lowest BCUT2D eigenvalue weighted by atomic mass is 10.1. The van der Waals surface area contributed by atoms with E-state index in [-0.39, 0.29) is 6.61 Å². The van der Waals surface area contributed by atoms with E-state index >= 15 is 0 Å². The molecule has 0 fully saturated rings. The Morgan fingerprint density at radius 3 is 2.16 bits per heavy atom. The van der Waals surface area contributed by atoms with Crippen molar-refractivity contribution in [3.8, 4) is 0 Å². The predicted octanol–water partition coefficient (Wildman–Crippen LogP) is 3.93. The molecule has 0 aromatic carbocycles. The lowest BCUT2D eigenvalue weighted by molar-refractivity contribution is -0.00742. The normalized spacial score (nSPS) is 12.8. The van der Waals surface area contributed by atoms with Gasteiger partial charge in [0.15, 0.2) is 0 Å². The zero-order valence-corrected chi connectivity index (χ0v) is 13.0. The Morgan fingerprint density at radius 1 is 0.842 bits per heavy atom. The van der Waals surface area contributed by atoms with Crippen molar-refractivity contribution in [3.63, 3.8) is 0 Å². The highest BCUT2D eigenvalue weighted by Gasteiger charge is 2.05. The van der Waals surface area contributed by atoms with Gasteiger partial charge in [-0.3, -0.25) is 0 Å². The predicted molar refractivity (Wildman–Crippen MR) is 80.5 cm³/mol. The van der Waals surface area contributed by atoms with Gasteiger partial charge in [-0.05, 0) is 12.8 Å². The smallest absolute Gasteiger partial charge is 0.0704 e. The second kappa shape index (κ2) is 15.9. The fourth-order valence-corrected chi connectivity index (χ4v) is 2.17. The molecule has 1 unspecified atom stereocenters. The first-order valence-corrected chi connectivity index (χ1v) is 8.15. The number of unbranched alkanes of at least 4 members (excludes halogenated alkanes) is 6. The molecule has 0 bridgehead atoms. The molecule has 3 nitrogen and oxygen atoms in total. The van der Waals surface area contributed by atoms with Crippen molar-refractivity contribution in [2.24, 2.45) is 0 Å². The van der Waals surface area contributed by atoms with Crippen molar-refractivity contribution in [1.82, 2.24) is 0 Å². The lowest BCUT2D eigenvalue weighted by Gasteiger charge is -2.16. The van der Waals surface area contributed by atoms with Crippen LogP contribution in [0.2, 0.25) is 0 Å². The number of hydrogen-bond donors (Lipinski definition) is 1. The summed E-state index contributed by atoms with van der Waals surface area (Å²) in [4.78, 5) is 0. The lowest BCUT2D eigenvalue weighted by Crippen LogP contribution is -2.16. The summed E-state index contributed by atoms with van der Waals surface area (Å²) in [6.07, 6.45) is 12.1. The molecule has 0 spiro atoms. The second-order valence-electron chi connectivity index (χ2n) is 5.15. The molecule has 0 aromatic rings. The monoisotopic (exact) mass is 274 g/mol. The van der Waals surface area contributed by atoms with Gasteiger partial charge in [-0.1, -0.05) is 58.8 Å². The van der Waals surface area contributed by atoms with Crippen LogP contribution in [0.25, 0.3) is 0 Å². The SMILES string of the molecule is CCCCCCCCCC(CC)OCCOCCO. The first-order valence-electron chi connectivity index (χ1n) is 8.15. The molecule has 1 atom stereocenters. The molecule has 19 heavy (non-hydrogen) atoms. The van der Waals surface area contributed by atoms with Crippen LogP contribution in [0, 0.1) is 0 Å². The minimum Gasteiger partial charge on any atom is -0.394 e. The Balaban J connectivity index is 3.29. The average molecular weight is 274 g/mol. The number of aliphatic hydroxyl groups excluding tert-OH is 1. The third-order valence-corrected chi connectivity index (χ3v) is 3.40. The van der Waals surface area contributed by atoms with Crippen molar-refractivity contribution >= 4 is 0 Å². The maximum absolute atomic E-state index is 8.58. The molecule has 1 N–H and O–H groups in total. The number of rotatable bonds is 15. The van der Waals surface area contributed by atoms with Crippen LogP contribution < -0.4 is 0 Å². The van der Waals surface area contributed by atoms with Crippen molar-refractivity contribution < 1.29 is 14.6 Å². The molecule has 0 amide bonds. The molecule has 0 radical (unpaired) electrons. The van der Waals surface area contributed by atoms with Crippen LogP contribution >= 0.6 is 0 Å². The maximum atomic E-state index is 8.58. The van der Waals surface area contributed by atoms with Gasteiger partial charge < -0.3 is 14.6 Å². The van der Waals surface area contributed by atoms with E-state index in [1.165, 1.54) is 51.4 Å². The summed E-state index contributed by atoms with van der Waals surface area (Å²) in [6.45, 7) is 6.18. The highest BCUT2D eigenvalue weighted by atomic mass is 16.5. The summed E-state index contributed by atoms with van der Waals surface area (Å²) in [5.74, 6) is 0. The van der Waals surface area contributed by atoms with Crippen LogP contribution in [0.5, 0.6) is 0 Å². The van der Waals surface area contributed by atoms with Gasteiger partial charge in [0.1, 0.15) is 0 Å². The Morgan fingerprint density at radius 2 is 1.53 bits per heavy atom.